The van der Waals surface area contributed by atoms with Gasteiger partial charge in [0.05, 0.1) is 6.54 Å². The second-order valence-electron chi connectivity index (χ2n) is 7.94. The first-order valence-corrected chi connectivity index (χ1v) is 9.12. The summed E-state index contributed by atoms with van der Waals surface area (Å²) in [6.45, 7) is 5.33. The molecule has 2 aliphatic rings. The lowest BCUT2D eigenvalue weighted by Crippen LogP contribution is -2.52. The molecule has 1 aromatic rings. The lowest BCUT2D eigenvalue weighted by atomic mass is 9.81. The number of carbonyl (C=O) groups is 1. The SMILES string of the molecule is CC(C)C(=O)N1Cc2ccccc2OC2(CCC(N(C)C)CC2)C1. The molecule has 1 fully saturated rings. The minimum Gasteiger partial charge on any atom is -0.485 e. The number of amides is 1. The Morgan fingerprint density at radius 1 is 1.25 bits per heavy atom. The van der Waals surface area contributed by atoms with E-state index in [-0.39, 0.29) is 17.4 Å². The predicted octanol–water partition coefficient (Wildman–Crippen LogP) is 3.31. The molecule has 3 rings (SSSR count). The van der Waals surface area contributed by atoms with E-state index in [0.29, 0.717) is 19.1 Å². The summed E-state index contributed by atoms with van der Waals surface area (Å²) in [4.78, 5) is 17.1. The summed E-state index contributed by atoms with van der Waals surface area (Å²) in [7, 11) is 4.31. The Morgan fingerprint density at radius 3 is 2.54 bits per heavy atom. The standard InChI is InChI=1S/C20H30N2O2/c1-15(2)19(23)22-13-16-7-5-6-8-18(16)24-20(14-22)11-9-17(10-12-20)21(3)4/h5-8,15,17H,9-14H2,1-4H3. The van der Waals surface area contributed by atoms with Crippen molar-refractivity contribution in [1.82, 2.24) is 9.80 Å². The maximum atomic E-state index is 12.7. The van der Waals surface area contributed by atoms with Crippen LogP contribution in [0.3, 0.4) is 0 Å². The second-order valence-corrected chi connectivity index (χ2v) is 7.94. The summed E-state index contributed by atoms with van der Waals surface area (Å²) in [6.07, 6.45) is 4.26. The number of ether oxygens (including phenoxy) is 1. The molecular formula is C20H30N2O2. The number of rotatable bonds is 2. The maximum Gasteiger partial charge on any atom is 0.225 e. The number of nitrogens with zero attached hydrogens (tertiary/aromatic N) is 2. The van der Waals surface area contributed by atoms with Crippen LogP contribution in [0.2, 0.25) is 0 Å². The van der Waals surface area contributed by atoms with E-state index in [1.807, 2.05) is 30.9 Å². The van der Waals surface area contributed by atoms with Crippen LogP contribution in [0, 0.1) is 5.92 Å². The van der Waals surface area contributed by atoms with E-state index >= 15 is 0 Å². The highest BCUT2D eigenvalue weighted by molar-refractivity contribution is 5.78. The van der Waals surface area contributed by atoms with Gasteiger partial charge in [-0.05, 0) is 45.8 Å². The Labute approximate surface area is 145 Å². The van der Waals surface area contributed by atoms with Crippen molar-refractivity contribution in [3.63, 3.8) is 0 Å². The van der Waals surface area contributed by atoms with Gasteiger partial charge >= 0.3 is 0 Å². The molecule has 4 nitrogen and oxygen atoms in total. The first-order chi connectivity index (χ1) is 11.4. The van der Waals surface area contributed by atoms with Crippen LogP contribution >= 0.6 is 0 Å². The average Bonchev–Trinajstić information content (AvgIpc) is 2.71. The molecule has 1 aromatic carbocycles. The van der Waals surface area contributed by atoms with Gasteiger partial charge in [-0.1, -0.05) is 32.0 Å². The molecule has 0 radical (unpaired) electrons. The molecule has 0 aromatic heterocycles. The minimum atomic E-state index is -0.232. The highest BCUT2D eigenvalue weighted by atomic mass is 16.5. The van der Waals surface area contributed by atoms with Gasteiger partial charge in [0.1, 0.15) is 11.4 Å². The van der Waals surface area contributed by atoms with Crippen LogP contribution in [0.25, 0.3) is 0 Å². The monoisotopic (exact) mass is 330 g/mol. The average molecular weight is 330 g/mol. The summed E-state index contributed by atoms with van der Waals surface area (Å²) in [5.41, 5.74) is 0.891. The molecule has 0 saturated heterocycles. The smallest absolute Gasteiger partial charge is 0.225 e. The molecule has 0 atom stereocenters. The molecule has 4 heteroatoms. The number of fused-ring (bicyclic) bond motifs is 1. The Balaban J connectivity index is 1.88. The lowest BCUT2D eigenvalue weighted by molar-refractivity contribution is -0.138. The zero-order valence-corrected chi connectivity index (χ0v) is 15.4. The third-order valence-corrected chi connectivity index (χ3v) is 5.54. The highest BCUT2D eigenvalue weighted by Gasteiger charge is 2.42. The topological polar surface area (TPSA) is 32.8 Å². The van der Waals surface area contributed by atoms with Crippen molar-refractivity contribution >= 4 is 5.91 Å². The van der Waals surface area contributed by atoms with Crippen molar-refractivity contribution in [1.29, 1.82) is 0 Å². The van der Waals surface area contributed by atoms with E-state index in [1.54, 1.807) is 0 Å². The van der Waals surface area contributed by atoms with Crippen LogP contribution in [-0.2, 0) is 11.3 Å². The lowest BCUT2D eigenvalue weighted by Gasteiger charge is -2.43. The van der Waals surface area contributed by atoms with Crippen molar-refractivity contribution < 1.29 is 9.53 Å². The van der Waals surface area contributed by atoms with Crippen molar-refractivity contribution in [2.24, 2.45) is 5.92 Å². The fraction of sp³-hybridized carbons (Fsp3) is 0.650. The minimum absolute atomic E-state index is 0.0189. The Kier molecular flexibility index (Phi) is 4.86. The summed E-state index contributed by atoms with van der Waals surface area (Å²) in [6, 6.07) is 8.81. The summed E-state index contributed by atoms with van der Waals surface area (Å²) in [5, 5.41) is 0. The quantitative estimate of drug-likeness (QED) is 0.834. The van der Waals surface area contributed by atoms with Gasteiger partial charge in [-0.15, -0.1) is 0 Å². The predicted molar refractivity (Wildman–Crippen MR) is 96.0 cm³/mol. The summed E-state index contributed by atoms with van der Waals surface area (Å²) < 4.78 is 6.56. The van der Waals surface area contributed by atoms with Gasteiger partial charge < -0.3 is 14.5 Å². The fourth-order valence-electron chi connectivity index (χ4n) is 4.04. The Bertz CT molecular complexity index is 589. The zero-order chi connectivity index (χ0) is 17.3. The van der Waals surface area contributed by atoms with Gasteiger partial charge in [-0.2, -0.15) is 0 Å². The zero-order valence-electron chi connectivity index (χ0n) is 15.4. The Morgan fingerprint density at radius 2 is 1.92 bits per heavy atom. The molecule has 24 heavy (non-hydrogen) atoms. The molecule has 0 bridgehead atoms. The fourth-order valence-corrected chi connectivity index (χ4v) is 4.04. The van der Waals surface area contributed by atoms with Gasteiger partial charge in [0, 0.05) is 24.1 Å². The van der Waals surface area contributed by atoms with E-state index < -0.39 is 0 Å². The van der Waals surface area contributed by atoms with Gasteiger partial charge in [-0.25, -0.2) is 0 Å². The van der Waals surface area contributed by atoms with Crippen LogP contribution in [-0.4, -0.2) is 48.0 Å². The molecule has 1 amide bonds. The number of carbonyl (C=O) groups excluding carboxylic acids is 1. The van der Waals surface area contributed by atoms with E-state index in [0.717, 1.165) is 37.0 Å². The van der Waals surface area contributed by atoms with Gasteiger partial charge in [0.25, 0.3) is 0 Å². The van der Waals surface area contributed by atoms with Gasteiger partial charge in [0.2, 0.25) is 5.91 Å². The second kappa shape index (κ2) is 6.75. The molecule has 1 saturated carbocycles. The van der Waals surface area contributed by atoms with Crippen LogP contribution in [0.1, 0.15) is 45.1 Å². The van der Waals surface area contributed by atoms with Crippen molar-refractivity contribution in [3.8, 4) is 5.75 Å². The van der Waals surface area contributed by atoms with Crippen LogP contribution in [0.4, 0.5) is 0 Å². The Hall–Kier alpha value is -1.55. The van der Waals surface area contributed by atoms with E-state index in [4.69, 9.17) is 4.74 Å². The first-order valence-electron chi connectivity index (χ1n) is 9.12. The van der Waals surface area contributed by atoms with Crippen LogP contribution in [0.5, 0.6) is 5.75 Å². The molecule has 0 unspecified atom stereocenters. The molecule has 1 aliphatic heterocycles. The number of hydrogen-bond donors (Lipinski definition) is 0. The molecule has 1 spiro atoms. The number of hydrogen-bond acceptors (Lipinski definition) is 3. The summed E-state index contributed by atoms with van der Waals surface area (Å²) >= 11 is 0. The summed E-state index contributed by atoms with van der Waals surface area (Å²) in [5.74, 6) is 1.20. The molecule has 132 valence electrons. The maximum absolute atomic E-state index is 12.7. The van der Waals surface area contributed by atoms with E-state index in [1.165, 1.54) is 0 Å². The number of para-hydroxylation sites is 1. The first kappa shape index (κ1) is 17.3. The molecular weight excluding hydrogens is 300 g/mol. The van der Waals surface area contributed by atoms with Gasteiger partial charge in [-0.3, -0.25) is 4.79 Å². The molecule has 1 aliphatic carbocycles. The third kappa shape index (κ3) is 3.44. The molecule has 1 heterocycles. The molecule has 0 N–H and O–H groups in total. The van der Waals surface area contributed by atoms with Crippen LogP contribution in [0.15, 0.2) is 24.3 Å². The van der Waals surface area contributed by atoms with Crippen molar-refractivity contribution in [2.45, 2.75) is 57.7 Å². The normalized spacial score (nSPS) is 27.1. The largest absolute Gasteiger partial charge is 0.485 e. The number of benzene rings is 1. The van der Waals surface area contributed by atoms with Crippen molar-refractivity contribution in [2.75, 3.05) is 20.6 Å². The van der Waals surface area contributed by atoms with Gasteiger partial charge in [0.15, 0.2) is 0 Å². The third-order valence-electron chi connectivity index (χ3n) is 5.54. The van der Waals surface area contributed by atoms with E-state index in [2.05, 4.69) is 31.1 Å². The van der Waals surface area contributed by atoms with E-state index in [9.17, 15) is 4.79 Å². The highest BCUT2D eigenvalue weighted by Crippen LogP contribution is 2.39. The van der Waals surface area contributed by atoms with Crippen molar-refractivity contribution in [3.05, 3.63) is 29.8 Å². The van der Waals surface area contributed by atoms with Crippen LogP contribution < -0.4 is 4.74 Å².